The number of anilines is 1. The van der Waals surface area contributed by atoms with Crippen LogP contribution in [0.15, 0.2) is 35.2 Å². The van der Waals surface area contributed by atoms with E-state index in [1.54, 1.807) is 25.1 Å². The molecular formula is C15H19N3O4S2. The first-order chi connectivity index (χ1) is 11.2. The van der Waals surface area contributed by atoms with Crippen LogP contribution in [0.4, 0.5) is 5.82 Å². The number of benzene rings is 1. The number of aryl methyl sites for hydroxylation is 2. The summed E-state index contributed by atoms with van der Waals surface area (Å²) in [5.74, 6) is 0.365. The van der Waals surface area contributed by atoms with E-state index in [0.29, 0.717) is 12.1 Å². The molecule has 130 valence electrons. The Hall–Kier alpha value is -1.87. The van der Waals surface area contributed by atoms with Gasteiger partial charge in [0.05, 0.1) is 28.1 Å². The Kier molecular flexibility index (Phi) is 4.16. The topological polar surface area (TPSA) is 98.1 Å². The number of rotatable bonds is 4. The number of sulfonamides is 1. The lowest BCUT2D eigenvalue weighted by atomic mass is 10.2. The van der Waals surface area contributed by atoms with E-state index in [1.165, 1.54) is 16.8 Å². The lowest BCUT2D eigenvalue weighted by Gasteiger charge is -2.14. The lowest BCUT2D eigenvalue weighted by Crippen LogP contribution is -2.20. The number of hydrogen-bond acceptors (Lipinski definition) is 5. The zero-order valence-electron chi connectivity index (χ0n) is 13.4. The van der Waals surface area contributed by atoms with Crippen molar-refractivity contribution in [3.8, 4) is 0 Å². The minimum absolute atomic E-state index is 0.0205. The van der Waals surface area contributed by atoms with Gasteiger partial charge in [0.15, 0.2) is 9.84 Å². The SMILES string of the molecule is Cc1ccc(S(=O)(=O)Nc2cc(C)nn2[C@H]2CCS(=O)(=O)C2)cc1. The Morgan fingerprint density at radius 2 is 1.88 bits per heavy atom. The predicted octanol–water partition coefficient (Wildman–Crippen LogP) is 1.66. The summed E-state index contributed by atoms with van der Waals surface area (Å²) in [5.41, 5.74) is 1.59. The van der Waals surface area contributed by atoms with Gasteiger partial charge >= 0.3 is 0 Å². The Balaban J connectivity index is 1.92. The second kappa shape index (κ2) is 5.89. The average molecular weight is 369 g/mol. The minimum atomic E-state index is -3.76. The zero-order chi connectivity index (χ0) is 17.5. The molecule has 1 aromatic heterocycles. The van der Waals surface area contributed by atoms with Gasteiger partial charge in [-0.1, -0.05) is 17.7 Å². The van der Waals surface area contributed by atoms with Gasteiger partial charge < -0.3 is 0 Å². The molecule has 2 heterocycles. The first-order valence-electron chi connectivity index (χ1n) is 7.52. The number of nitrogens with zero attached hydrogens (tertiary/aromatic N) is 2. The second-order valence-electron chi connectivity index (χ2n) is 6.09. The fraction of sp³-hybridized carbons (Fsp3) is 0.400. The maximum atomic E-state index is 12.5. The largest absolute Gasteiger partial charge is 0.264 e. The smallest absolute Gasteiger partial charge is 0.263 e. The second-order valence-corrected chi connectivity index (χ2v) is 10.0. The zero-order valence-corrected chi connectivity index (χ0v) is 15.1. The maximum Gasteiger partial charge on any atom is 0.263 e. The Bertz CT molecular complexity index is 961. The van der Waals surface area contributed by atoms with Gasteiger partial charge in [-0.25, -0.2) is 21.5 Å². The maximum absolute atomic E-state index is 12.5. The highest BCUT2D eigenvalue weighted by Crippen LogP contribution is 2.28. The molecule has 1 N–H and O–H groups in total. The van der Waals surface area contributed by atoms with Crippen molar-refractivity contribution < 1.29 is 16.8 Å². The summed E-state index contributed by atoms with van der Waals surface area (Å²) in [4.78, 5) is 0.151. The van der Waals surface area contributed by atoms with Crippen molar-refractivity contribution in [2.45, 2.75) is 31.2 Å². The molecule has 24 heavy (non-hydrogen) atoms. The van der Waals surface area contributed by atoms with E-state index < -0.39 is 19.9 Å². The van der Waals surface area contributed by atoms with Crippen LogP contribution in [-0.2, 0) is 19.9 Å². The van der Waals surface area contributed by atoms with Gasteiger partial charge in [0.2, 0.25) is 0 Å². The van der Waals surface area contributed by atoms with Crippen LogP contribution in [0.25, 0.3) is 0 Å². The van der Waals surface area contributed by atoms with Crippen molar-refractivity contribution in [2.24, 2.45) is 0 Å². The Morgan fingerprint density at radius 3 is 2.46 bits per heavy atom. The molecule has 0 amide bonds. The van der Waals surface area contributed by atoms with Crippen LogP contribution in [0, 0.1) is 13.8 Å². The van der Waals surface area contributed by atoms with Crippen LogP contribution in [0.5, 0.6) is 0 Å². The molecule has 0 unspecified atom stereocenters. The Morgan fingerprint density at radius 1 is 1.21 bits per heavy atom. The molecule has 0 aliphatic carbocycles. The molecule has 9 heteroatoms. The molecule has 1 aromatic carbocycles. The van der Waals surface area contributed by atoms with Crippen molar-refractivity contribution in [1.29, 1.82) is 0 Å². The van der Waals surface area contributed by atoms with Gasteiger partial charge in [0.1, 0.15) is 5.82 Å². The fourth-order valence-corrected chi connectivity index (χ4v) is 5.49. The van der Waals surface area contributed by atoms with E-state index in [-0.39, 0.29) is 28.3 Å². The number of aromatic nitrogens is 2. The van der Waals surface area contributed by atoms with E-state index in [2.05, 4.69) is 9.82 Å². The van der Waals surface area contributed by atoms with Crippen molar-refractivity contribution in [1.82, 2.24) is 9.78 Å². The Labute approximate surface area is 141 Å². The van der Waals surface area contributed by atoms with Crippen LogP contribution < -0.4 is 4.72 Å². The van der Waals surface area contributed by atoms with E-state index in [1.807, 2.05) is 6.92 Å². The molecule has 0 saturated carbocycles. The number of hydrogen-bond donors (Lipinski definition) is 1. The van der Waals surface area contributed by atoms with E-state index in [0.717, 1.165) is 5.56 Å². The molecule has 3 rings (SSSR count). The number of nitrogens with one attached hydrogen (secondary N) is 1. The average Bonchev–Trinajstić information content (AvgIpc) is 3.01. The monoisotopic (exact) mass is 369 g/mol. The third-order valence-electron chi connectivity index (χ3n) is 3.98. The molecule has 1 aliphatic rings. The summed E-state index contributed by atoms with van der Waals surface area (Å²) >= 11 is 0. The highest BCUT2D eigenvalue weighted by atomic mass is 32.2. The highest BCUT2D eigenvalue weighted by molar-refractivity contribution is 7.92. The molecule has 1 saturated heterocycles. The van der Waals surface area contributed by atoms with Gasteiger partial charge in [0.25, 0.3) is 10.0 Å². The van der Waals surface area contributed by atoms with Crippen LogP contribution in [0.2, 0.25) is 0 Å². The quantitative estimate of drug-likeness (QED) is 0.884. The molecular weight excluding hydrogens is 350 g/mol. The third kappa shape index (κ3) is 3.46. The van der Waals surface area contributed by atoms with Crippen molar-refractivity contribution in [3.05, 3.63) is 41.6 Å². The van der Waals surface area contributed by atoms with Crippen LogP contribution >= 0.6 is 0 Å². The standard InChI is InChI=1S/C15H19N3O4S2/c1-11-3-5-14(6-4-11)24(21,22)17-15-9-12(2)16-18(15)13-7-8-23(19,20)10-13/h3-6,9,13,17H,7-8,10H2,1-2H3/t13-/m0/s1. The van der Waals surface area contributed by atoms with Crippen molar-refractivity contribution in [2.75, 3.05) is 16.2 Å². The van der Waals surface area contributed by atoms with Gasteiger partial charge in [-0.2, -0.15) is 5.10 Å². The van der Waals surface area contributed by atoms with Gasteiger partial charge in [0, 0.05) is 6.07 Å². The van der Waals surface area contributed by atoms with Crippen molar-refractivity contribution in [3.63, 3.8) is 0 Å². The molecule has 1 atom stereocenters. The van der Waals surface area contributed by atoms with Crippen molar-refractivity contribution >= 4 is 25.7 Å². The summed E-state index contributed by atoms with van der Waals surface area (Å²) < 4.78 is 52.5. The lowest BCUT2D eigenvalue weighted by molar-refractivity contribution is 0.503. The van der Waals surface area contributed by atoms with E-state index in [4.69, 9.17) is 0 Å². The summed E-state index contributed by atoms with van der Waals surface area (Å²) in [7, 11) is -6.85. The molecule has 0 bridgehead atoms. The highest BCUT2D eigenvalue weighted by Gasteiger charge is 2.32. The molecule has 1 fully saturated rings. The van der Waals surface area contributed by atoms with Gasteiger partial charge in [-0.05, 0) is 32.4 Å². The fourth-order valence-electron chi connectivity index (χ4n) is 2.75. The molecule has 2 aromatic rings. The molecule has 7 nitrogen and oxygen atoms in total. The van der Waals surface area contributed by atoms with E-state index in [9.17, 15) is 16.8 Å². The van der Waals surface area contributed by atoms with Crippen LogP contribution in [-0.4, -0.2) is 38.1 Å². The van der Waals surface area contributed by atoms with E-state index >= 15 is 0 Å². The number of sulfone groups is 1. The summed E-state index contributed by atoms with van der Waals surface area (Å²) in [6, 6.07) is 7.77. The van der Waals surface area contributed by atoms with Crippen LogP contribution in [0.1, 0.15) is 23.7 Å². The van der Waals surface area contributed by atoms with Gasteiger partial charge in [-0.15, -0.1) is 0 Å². The molecule has 1 aliphatic heterocycles. The molecule has 0 radical (unpaired) electrons. The first kappa shape index (κ1) is 17.0. The normalized spacial score (nSPS) is 20.2. The molecule has 0 spiro atoms. The van der Waals surface area contributed by atoms with Gasteiger partial charge in [-0.3, -0.25) is 4.72 Å². The predicted molar refractivity (Wildman–Crippen MR) is 91.3 cm³/mol. The minimum Gasteiger partial charge on any atom is -0.264 e. The summed E-state index contributed by atoms with van der Waals surface area (Å²) in [5, 5.41) is 4.28. The first-order valence-corrected chi connectivity index (χ1v) is 10.8. The van der Waals surface area contributed by atoms with Crippen LogP contribution in [0.3, 0.4) is 0 Å². The summed E-state index contributed by atoms with van der Waals surface area (Å²) in [6.45, 7) is 3.62. The third-order valence-corrected chi connectivity index (χ3v) is 7.10. The summed E-state index contributed by atoms with van der Waals surface area (Å²) in [6.07, 6.45) is 0.433.